The molecule has 2 heterocycles. The van der Waals surface area contributed by atoms with E-state index < -0.39 is 11.6 Å². The summed E-state index contributed by atoms with van der Waals surface area (Å²) >= 11 is 0. The summed E-state index contributed by atoms with van der Waals surface area (Å²) in [7, 11) is 0. The second kappa shape index (κ2) is 8.38. The van der Waals surface area contributed by atoms with Crippen molar-refractivity contribution in [3.05, 3.63) is 11.8 Å². The van der Waals surface area contributed by atoms with E-state index in [0.29, 0.717) is 25.4 Å². The van der Waals surface area contributed by atoms with Crippen molar-refractivity contribution in [3.63, 3.8) is 0 Å². The van der Waals surface area contributed by atoms with Gasteiger partial charge >= 0.3 is 0 Å². The van der Waals surface area contributed by atoms with Crippen molar-refractivity contribution in [2.75, 3.05) is 19.6 Å². The average Bonchev–Trinajstić information content (AvgIpc) is 3.26. The van der Waals surface area contributed by atoms with Crippen LogP contribution in [0.5, 0.6) is 0 Å². The fourth-order valence-electron chi connectivity index (χ4n) is 2.93. The molecule has 28 heavy (non-hydrogen) atoms. The number of carbonyl (C=O) groups excluding carboxylic acids is 3. The van der Waals surface area contributed by atoms with Gasteiger partial charge in [0.15, 0.2) is 0 Å². The Kier molecular flexibility index (Phi) is 6.59. The molecule has 9 heteroatoms. The monoisotopic (exact) mass is 393 g/mol. The van der Waals surface area contributed by atoms with Gasteiger partial charge in [0, 0.05) is 31.0 Å². The molecule has 0 spiro atoms. The Morgan fingerprint density at radius 2 is 1.86 bits per heavy atom. The predicted molar refractivity (Wildman–Crippen MR) is 103 cm³/mol. The zero-order valence-corrected chi connectivity index (χ0v) is 17.6. The van der Waals surface area contributed by atoms with Crippen molar-refractivity contribution in [2.24, 2.45) is 0 Å². The molecule has 1 atom stereocenters. The van der Waals surface area contributed by atoms with Gasteiger partial charge in [-0.05, 0) is 26.7 Å². The number of likely N-dealkylation sites (tertiary alicyclic amines) is 1. The molecule has 1 aliphatic rings. The Morgan fingerprint density at radius 1 is 1.18 bits per heavy atom. The molecule has 156 valence electrons. The molecule has 1 unspecified atom stereocenters. The van der Waals surface area contributed by atoms with Crippen LogP contribution in [0.2, 0.25) is 0 Å². The van der Waals surface area contributed by atoms with E-state index in [0.717, 1.165) is 6.42 Å². The van der Waals surface area contributed by atoms with Gasteiger partial charge in [0.25, 0.3) is 5.89 Å². The molecule has 2 N–H and O–H groups in total. The largest absolute Gasteiger partial charge is 0.418 e. The SMILES string of the molecule is CC(=O)NCC(C)(C)NCC(=O)N1CCCC1C(=O)c1nnc(C(C)(C)C)o1. The van der Waals surface area contributed by atoms with Gasteiger partial charge in [0.2, 0.25) is 23.5 Å². The standard InChI is InChI=1S/C19H31N5O4/c1-12(25)20-11-19(5,6)21-10-14(26)24-9-7-8-13(24)15(27)16-22-23-17(28-16)18(2,3)4/h13,21H,7-11H2,1-6H3,(H,20,25). The van der Waals surface area contributed by atoms with Crippen LogP contribution in [-0.4, -0.2) is 63.9 Å². The van der Waals surface area contributed by atoms with E-state index in [4.69, 9.17) is 4.42 Å². The number of aromatic nitrogens is 2. The minimum absolute atomic E-state index is 0.0476. The Morgan fingerprint density at radius 3 is 2.43 bits per heavy atom. The molecule has 0 saturated carbocycles. The highest BCUT2D eigenvalue weighted by Gasteiger charge is 2.37. The molecule has 2 amide bonds. The van der Waals surface area contributed by atoms with E-state index >= 15 is 0 Å². The highest BCUT2D eigenvalue weighted by molar-refractivity contribution is 5.98. The first-order chi connectivity index (χ1) is 12.9. The van der Waals surface area contributed by atoms with Crippen LogP contribution >= 0.6 is 0 Å². The van der Waals surface area contributed by atoms with Crippen LogP contribution in [-0.2, 0) is 15.0 Å². The van der Waals surface area contributed by atoms with Gasteiger partial charge in [-0.1, -0.05) is 20.8 Å². The molecular formula is C19H31N5O4. The van der Waals surface area contributed by atoms with Crippen LogP contribution < -0.4 is 10.6 Å². The number of nitrogens with zero attached hydrogens (tertiary/aromatic N) is 3. The Balaban J connectivity index is 1.99. The van der Waals surface area contributed by atoms with Crippen LogP contribution in [0.15, 0.2) is 4.42 Å². The second-order valence-electron chi connectivity index (χ2n) is 8.92. The lowest BCUT2D eigenvalue weighted by Crippen LogP contribution is -2.53. The van der Waals surface area contributed by atoms with Crippen molar-refractivity contribution >= 4 is 17.6 Å². The highest BCUT2D eigenvalue weighted by atomic mass is 16.4. The van der Waals surface area contributed by atoms with Crippen molar-refractivity contribution in [3.8, 4) is 0 Å². The van der Waals surface area contributed by atoms with Crippen LogP contribution in [0.4, 0.5) is 0 Å². The highest BCUT2D eigenvalue weighted by Crippen LogP contribution is 2.24. The number of ketones is 1. The van der Waals surface area contributed by atoms with E-state index in [1.807, 2.05) is 34.6 Å². The summed E-state index contributed by atoms with van der Waals surface area (Å²) in [5, 5.41) is 13.7. The third-order valence-electron chi connectivity index (χ3n) is 4.65. The zero-order chi connectivity index (χ0) is 21.1. The van der Waals surface area contributed by atoms with Gasteiger partial charge in [-0.25, -0.2) is 0 Å². The quantitative estimate of drug-likeness (QED) is 0.665. The summed E-state index contributed by atoms with van der Waals surface area (Å²) in [6.07, 6.45) is 1.32. The Labute approximate surface area is 165 Å². The van der Waals surface area contributed by atoms with Crippen LogP contribution in [0.3, 0.4) is 0 Å². The number of amides is 2. The molecule has 0 aliphatic carbocycles. The van der Waals surface area contributed by atoms with Gasteiger partial charge in [0.1, 0.15) is 6.04 Å². The van der Waals surface area contributed by atoms with Crippen LogP contribution in [0.25, 0.3) is 0 Å². The van der Waals surface area contributed by atoms with E-state index in [9.17, 15) is 14.4 Å². The maximum atomic E-state index is 12.8. The first-order valence-electron chi connectivity index (χ1n) is 9.58. The first kappa shape index (κ1) is 22.0. The van der Waals surface area contributed by atoms with E-state index in [2.05, 4.69) is 20.8 Å². The van der Waals surface area contributed by atoms with E-state index in [1.54, 1.807) is 4.90 Å². The molecule has 1 fully saturated rings. The molecule has 1 aromatic heterocycles. The van der Waals surface area contributed by atoms with Crippen LogP contribution in [0, 0.1) is 0 Å². The number of carbonyl (C=O) groups is 3. The fourth-order valence-corrected chi connectivity index (χ4v) is 2.93. The number of Topliss-reactive ketones (excluding diaryl/α,β-unsaturated/α-hetero) is 1. The number of hydrogen-bond donors (Lipinski definition) is 2. The maximum absolute atomic E-state index is 12.8. The Hall–Kier alpha value is -2.29. The van der Waals surface area contributed by atoms with Gasteiger partial charge in [-0.2, -0.15) is 0 Å². The molecule has 1 saturated heterocycles. The van der Waals surface area contributed by atoms with Crippen molar-refractivity contribution in [1.29, 1.82) is 0 Å². The smallest absolute Gasteiger partial charge is 0.286 e. The summed E-state index contributed by atoms with van der Waals surface area (Å²) in [5.41, 5.74) is -0.797. The summed E-state index contributed by atoms with van der Waals surface area (Å²) in [6.45, 7) is 12.0. The average molecular weight is 393 g/mol. The lowest BCUT2D eigenvalue weighted by molar-refractivity contribution is -0.130. The molecule has 2 rings (SSSR count). The lowest BCUT2D eigenvalue weighted by Gasteiger charge is -2.29. The minimum atomic E-state index is -0.582. The first-order valence-corrected chi connectivity index (χ1v) is 9.58. The molecule has 1 aromatic rings. The normalized spacial score (nSPS) is 17.6. The summed E-state index contributed by atoms with van der Waals surface area (Å²) in [4.78, 5) is 38.2. The number of rotatable bonds is 7. The number of hydrogen-bond acceptors (Lipinski definition) is 7. The third-order valence-corrected chi connectivity index (χ3v) is 4.65. The van der Waals surface area contributed by atoms with Gasteiger partial charge in [-0.3, -0.25) is 14.4 Å². The zero-order valence-electron chi connectivity index (χ0n) is 17.6. The maximum Gasteiger partial charge on any atom is 0.286 e. The summed E-state index contributed by atoms with van der Waals surface area (Å²) in [6, 6.07) is -0.582. The minimum Gasteiger partial charge on any atom is -0.418 e. The van der Waals surface area contributed by atoms with Crippen molar-refractivity contribution in [2.45, 2.75) is 71.4 Å². The second-order valence-corrected chi connectivity index (χ2v) is 8.92. The topological polar surface area (TPSA) is 117 Å². The van der Waals surface area contributed by atoms with Crippen molar-refractivity contribution < 1.29 is 18.8 Å². The van der Waals surface area contributed by atoms with Crippen molar-refractivity contribution in [1.82, 2.24) is 25.7 Å². The molecule has 0 aromatic carbocycles. The summed E-state index contributed by atoms with van der Waals surface area (Å²) in [5.74, 6) is -0.254. The van der Waals surface area contributed by atoms with Gasteiger partial charge < -0.3 is 20.0 Å². The third kappa shape index (κ3) is 5.60. The van der Waals surface area contributed by atoms with Crippen LogP contribution in [0.1, 0.15) is 71.0 Å². The number of nitrogens with one attached hydrogen (secondary N) is 2. The lowest BCUT2D eigenvalue weighted by atomic mass is 9.97. The van der Waals surface area contributed by atoms with E-state index in [-0.39, 0.29) is 35.4 Å². The summed E-state index contributed by atoms with van der Waals surface area (Å²) < 4.78 is 5.55. The molecule has 9 nitrogen and oxygen atoms in total. The van der Waals surface area contributed by atoms with E-state index in [1.165, 1.54) is 6.92 Å². The van der Waals surface area contributed by atoms with Gasteiger partial charge in [-0.15, -0.1) is 10.2 Å². The molecule has 0 radical (unpaired) electrons. The molecule has 1 aliphatic heterocycles. The van der Waals surface area contributed by atoms with Gasteiger partial charge in [0.05, 0.1) is 6.54 Å². The molecule has 0 bridgehead atoms. The Bertz CT molecular complexity index is 735. The fraction of sp³-hybridized carbons (Fsp3) is 0.737. The predicted octanol–water partition coefficient (Wildman–Crippen LogP) is 1.05. The molecular weight excluding hydrogens is 362 g/mol.